The molecular weight excluding hydrogens is 458 g/mol. The van der Waals surface area contributed by atoms with Gasteiger partial charge in [0.05, 0.1) is 6.42 Å². The van der Waals surface area contributed by atoms with Gasteiger partial charge in [0.2, 0.25) is 5.91 Å². The van der Waals surface area contributed by atoms with Crippen LogP contribution in [0.25, 0.3) is 11.3 Å². The Bertz CT molecular complexity index is 1290. The van der Waals surface area contributed by atoms with E-state index in [1.54, 1.807) is 24.5 Å². The van der Waals surface area contributed by atoms with Gasteiger partial charge < -0.3 is 10.2 Å². The largest absolute Gasteiger partial charge is 0.354 e. The maximum absolute atomic E-state index is 13.8. The van der Waals surface area contributed by atoms with Crippen LogP contribution in [0.3, 0.4) is 0 Å². The van der Waals surface area contributed by atoms with Crippen molar-refractivity contribution >= 4 is 17.4 Å². The Morgan fingerprint density at radius 3 is 2.22 bits per heavy atom. The molecular formula is C29H28F2N4O. The van der Waals surface area contributed by atoms with Crippen LogP contribution in [0.4, 0.5) is 20.3 Å². The Labute approximate surface area is 209 Å². The van der Waals surface area contributed by atoms with E-state index in [1.165, 1.54) is 24.6 Å². The minimum Gasteiger partial charge on any atom is -0.354 e. The molecule has 1 amide bonds. The zero-order valence-electron chi connectivity index (χ0n) is 20.3. The van der Waals surface area contributed by atoms with Crippen LogP contribution < -0.4 is 10.2 Å². The number of benzene rings is 3. The molecule has 0 saturated heterocycles. The van der Waals surface area contributed by atoms with Crippen molar-refractivity contribution in [3.05, 3.63) is 108 Å². The van der Waals surface area contributed by atoms with Crippen LogP contribution in [0.2, 0.25) is 0 Å². The third-order valence-electron chi connectivity index (χ3n) is 5.93. The summed E-state index contributed by atoms with van der Waals surface area (Å²) < 4.78 is 27.6. The molecule has 4 aromatic rings. The highest BCUT2D eigenvalue weighted by atomic mass is 19.3. The fourth-order valence-electron chi connectivity index (χ4n) is 3.92. The number of rotatable bonds is 9. The number of anilines is 2. The molecule has 0 unspecified atom stereocenters. The van der Waals surface area contributed by atoms with E-state index in [1.807, 2.05) is 49.5 Å². The zero-order valence-corrected chi connectivity index (χ0v) is 20.3. The fourth-order valence-corrected chi connectivity index (χ4v) is 3.92. The summed E-state index contributed by atoms with van der Waals surface area (Å²) in [4.78, 5) is 23.6. The highest BCUT2D eigenvalue weighted by molar-refractivity contribution is 5.92. The van der Waals surface area contributed by atoms with E-state index in [0.29, 0.717) is 17.8 Å². The van der Waals surface area contributed by atoms with Crippen LogP contribution in [-0.4, -0.2) is 22.9 Å². The lowest BCUT2D eigenvalue weighted by atomic mass is 10.0. The van der Waals surface area contributed by atoms with Crippen molar-refractivity contribution in [3.8, 4) is 11.3 Å². The minimum absolute atomic E-state index is 0.0393. The number of hydrogen-bond acceptors (Lipinski definition) is 4. The van der Waals surface area contributed by atoms with Crippen molar-refractivity contribution in [3.63, 3.8) is 0 Å². The van der Waals surface area contributed by atoms with Crippen LogP contribution >= 0.6 is 0 Å². The summed E-state index contributed by atoms with van der Waals surface area (Å²) in [5, 5.41) is 2.86. The number of hydrogen-bond donors (Lipinski definition) is 1. The van der Waals surface area contributed by atoms with Gasteiger partial charge >= 0.3 is 0 Å². The second-order valence-electron chi connectivity index (χ2n) is 8.63. The molecule has 0 bridgehead atoms. The molecule has 3 aromatic carbocycles. The molecule has 0 aliphatic heterocycles. The first-order valence-corrected chi connectivity index (χ1v) is 11.8. The van der Waals surface area contributed by atoms with Crippen molar-refractivity contribution in [1.29, 1.82) is 0 Å². The topological polar surface area (TPSA) is 58.1 Å². The second-order valence-corrected chi connectivity index (χ2v) is 8.63. The van der Waals surface area contributed by atoms with Crippen molar-refractivity contribution in [2.24, 2.45) is 0 Å². The lowest BCUT2D eigenvalue weighted by Gasteiger charge is -2.20. The summed E-state index contributed by atoms with van der Waals surface area (Å²) in [5.41, 5.74) is 4.07. The first kappa shape index (κ1) is 25.0. The number of amides is 1. The van der Waals surface area contributed by atoms with E-state index in [0.717, 1.165) is 17.1 Å². The number of halogens is 2. The Balaban J connectivity index is 1.41. The van der Waals surface area contributed by atoms with E-state index in [-0.39, 0.29) is 24.3 Å². The maximum atomic E-state index is 13.8. The number of aromatic nitrogens is 2. The Morgan fingerprint density at radius 2 is 1.56 bits per heavy atom. The molecule has 1 aromatic heterocycles. The van der Waals surface area contributed by atoms with Gasteiger partial charge in [0, 0.05) is 49.2 Å². The zero-order chi connectivity index (χ0) is 25.5. The maximum Gasteiger partial charge on any atom is 0.273 e. The van der Waals surface area contributed by atoms with Gasteiger partial charge in [-0.25, -0.2) is 13.8 Å². The molecule has 1 heterocycles. The molecule has 1 N–H and O–H groups in total. The first-order valence-electron chi connectivity index (χ1n) is 11.8. The van der Waals surface area contributed by atoms with Gasteiger partial charge in [0.15, 0.2) is 5.82 Å². The molecule has 0 fully saturated rings. The third kappa shape index (κ3) is 6.10. The number of nitrogens with zero attached hydrogens (tertiary/aromatic N) is 3. The summed E-state index contributed by atoms with van der Waals surface area (Å²) >= 11 is 0. The average molecular weight is 487 g/mol. The number of alkyl halides is 2. The van der Waals surface area contributed by atoms with Crippen molar-refractivity contribution < 1.29 is 13.6 Å². The lowest BCUT2D eigenvalue weighted by Crippen LogP contribution is -2.19. The van der Waals surface area contributed by atoms with Crippen molar-refractivity contribution in [1.82, 2.24) is 9.97 Å². The van der Waals surface area contributed by atoms with Crippen molar-refractivity contribution in [2.45, 2.75) is 32.2 Å². The highest BCUT2D eigenvalue weighted by Crippen LogP contribution is 2.31. The molecule has 0 aliphatic carbocycles. The predicted octanol–water partition coefficient (Wildman–Crippen LogP) is 6.46. The summed E-state index contributed by atoms with van der Waals surface area (Å²) in [6.45, 7) is 2.14. The Hall–Kier alpha value is -4.13. The molecule has 0 spiro atoms. The molecule has 7 heteroatoms. The average Bonchev–Trinajstić information content (AvgIpc) is 2.90. The summed E-state index contributed by atoms with van der Waals surface area (Å²) in [6, 6.07) is 23.5. The van der Waals surface area contributed by atoms with E-state index >= 15 is 0 Å². The van der Waals surface area contributed by atoms with Gasteiger partial charge in [-0.2, -0.15) is 0 Å². The Kier molecular flexibility index (Phi) is 7.68. The normalized spacial score (nSPS) is 11.2. The number of carbonyl (C=O) groups excluding carboxylic acids is 1. The van der Waals surface area contributed by atoms with Crippen molar-refractivity contribution in [2.75, 3.05) is 17.3 Å². The molecule has 184 valence electrons. The number of nitrogens with one attached hydrogen (secondary N) is 1. The van der Waals surface area contributed by atoms with Gasteiger partial charge in [-0.3, -0.25) is 9.78 Å². The number of carbonyl (C=O) groups is 1. The molecule has 0 aliphatic rings. The quantitative estimate of drug-likeness (QED) is 0.295. The fraction of sp³-hybridized carbons (Fsp3) is 0.207. The minimum atomic E-state index is -2.86. The van der Waals surface area contributed by atoms with Gasteiger partial charge in [0.1, 0.15) is 5.69 Å². The predicted molar refractivity (Wildman–Crippen MR) is 139 cm³/mol. The van der Waals surface area contributed by atoms with Gasteiger partial charge in [-0.15, -0.1) is 0 Å². The van der Waals surface area contributed by atoms with Gasteiger partial charge in [-0.1, -0.05) is 73.7 Å². The monoisotopic (exact) mass is 486 g/mol. The lowest BCUT2D eigenvalue weighted by molar-refractivity contribution is -0.115. The van der Waals surface area contributed by atoms with Gasteiger partial charge in [0.25, 0.3) is 5.92 Å². The van der Waals surface area contributed by atoms with Gasteiger partial charge in [-0.05, 0) is 23.3 Å². The molecule has 0 saturated carbocycles. The summed E-state index contributed by atoms with van der Waals surface area (Å²) in [5.74, 6) is -2.32. The van der Waals surface area contributed by atoms with E-state index in [9.17, 15) is 13.6 Å². The third-order valence-corrected chi connectivity index (χ3v) is 5.93. The molecule has 0 atom stereocenters. The van der Waals surface area contributed by atoms with Crippen LogP contribution in [0.1, 0.15) is 30.0 Å². The van der Waals surface area contributed by atoms with Crippen LogP contribution in [0.15, 0.2) is 91.3 Å². The summed E-state index contributed by atoms with van der Waals surface area (Å²) in [6.07, 6.45) is 3.16. The standard InChI is InChI=1S/C29H28F2N4O/c1-3-29(30,31)24-13-9-21(10-14-24)19-26(36)34-25-15-11-23(12-16-25)27-28(33-18-17-32-27)35(2)20-22-7-5-4-6-8-22/h4-18H,3,19-20H2,1-2H3,(H,34,36). The first-order chi connectivity index (χ1) is 17.4. The van der Waals surface area contributed by atoms with Crippen LogP contribution in [0, 0.1) is 0 Å². The second kappa shape index (κ2) is 11.1. The smallest absolute Gasteiger partial charge is 0.273 e. The summed E-state index contributed by atoms with van der Waals surface area (Å²) in [7, 11) is 1.98. The SMILES string of the molecule is CCC(F)(F)c1ccc(CC(=O)Nc2ccc(-c3nccnc3N(C)Cc3ccccc3)cc2)cc1. The highest BCUT2D eigenvalue weighted by Gasteiger charge is 2.28. The van der Waals surface area contributed by atoms with E-state index in [2.05, 4.69) is 32.3 Å². The molecule has 4 rings (SSSR count). The molecule has 0 radical (unpaired) electrons. The van der Waals surface area contributed by atoms with E-state index in [4.69, 9.17) is 0 Å². The van der Waals surface area contributed by atoms with Crippen LogP contribution in [0.5, 0.6) is 0 Å². The van der Waals surface area contributed by atoms with E-state index < -0.39 is 5.92 Å². The van der Waals surface area contributed by atoms with Crippen LogP contribution in [-0.2, 0) is 23.7 Å². The molecule has 5 nitrogen and oxygen atoms in total. The Morgan fingerprint density at radius 1 is 0.889 bits per heavy atom. The molecule has 36 heavy (non-hydrogen) atoms.